The molecule has 0 bridgehead atoms. The number of hydrogen-bond acceptors (Lipinski definition) is 6. The van der Waals surface area contributed by atoms with Crippen molar-refractivity contribution in [3.63, 3.8) is 0 Å². The van der Waals surface area contributed by atoms with Gasteiger partial charge >= 0.3 is 0 Å². The average Bonchev–Trinajstić information content (AvgIpc) is 2.65. The highest BCUT2D eigenvalue weighted by atomic mass is 35.5. The van der Waals surface area contributed by atoms with E-state index in [1.807, 2.05) is 6.07 Å². The van der Waals surface area contributed by atoms with Crippen molar-refractivity contribution in [1.29, 1.82) is 0 Å². The van der Waals surface area contributed by atoms with Gasteiger partial charge in [-0.3, -0.25) is 0 Å². The zero-order chi connectivity index (χ0) is 18.5. The van der Waals surface area contributed by atoms with Crippen LogP contribution in [0.15, 0.2) is 48.8 Å². The number of benzene rings is 2. The second-order valence-corrected chi connectivity index (χ2v) is 5.64. The minimum Gasteiger partial charge on any atom is -0.493 e. The molecule has 0 aliphatic rings. The number of rotatable bonds is 6. The summed E-state index contributed by atoms with van der Waals surface area (Å²) in [6.45, 7) is 0. The number of halogens is 2. The lowest BCUT2D eigenvalue weighted by atomic mass is 10.2. The molecule has 6 nitrogen and oxygen atoms in total. The Morgan fingerprint density at radius 1 is 0.846 bits per heavy atom. The first-order valence-electron chi connectivity index (χ1n) is 7.62. The summed E-state index contributed by atoms with van der Waals surface area (Å²) in [6.07, 6.45) is 1.41. The molecule has 3 rings (SSSR count). The molecule has 0 amide bonds. The molecule has 26 heavy (non-hydrogen) atoms. The highest BCUT2D eigenvalue weighted by Crippen LogP contribution is 2.31. The third kappa shape index (κ3) is 4.12. The van der Waals surface area contributed by atoms with Gasteiger partial charge in [-0.15, -0.1) is 0 Å². The smallest absolute Gasteiger partial charge is 0.162 e. The van der Waals surface area contributed by atoms with E-state index in [0.29, 0.717) is 28.8 Å². The molecule has 2 aromatic carbocycles. The molecular weight excluding hydrogens is 359 g/mol. The summed E-state index contributed by atoms with van der Waals surface area (Å²) in [6, 6.07) is 11.5. The van der Waals surface area contributed by atoms with E-state index in [0.717, 1.165) is 5.69 Å². The molecule has 3 aromatic rings. The van der Waals surface area contributed by atoms with Crippen molar-refractivity contribution in [3.05, 3.63) is 59.6 Å². The Kier molecular flexibility index (Phi) is 5.38. The first-order valence-corrected chi connectivity index (χ1v) is 8.00. The van der Waals surface area contributed by atoms with Crippen LogP contribution < -0.4 is 20.1 Å². The number of nitrogens with zero attached hydrogens (tertiary/aromatic N) is 2. The molecule has 0 aliphatic heterocycles. The van der Waals surface area contributed by atoms with Crippen molar-refractivity contribution < 1.29 is 13.9 Å². The summed E-state index contributed by atoms with van der Waals surface area (Å²) in [5.74, 6) is 1.87. The fraction of sp³-hybridized carbons (Fsp3) is 0.111. The fourth-order valence-electron chi connectivity index (χ4n) is 2.28. The number of methoxy groups -OCH3 is 2. The van der Waals surface area contributed by atoms with Gasteiger partial charge in [0.25, 0.3) is 0 Å². The van der Waals surface area contributed by atoms with Gasteiger partial charge in [0.15, 0.2) is 11.5 Å². The highest BCUT2D eigenvalue weighted by Gasteiger charge is 2.07. The molecule has 0 fully saturated rings. The van der Waals surface area contributed by atoms with Crippen LogP contribution in [0.3, 0.4) is 0 Å². The van der Waals surface area contributed by atoms with E-state index in [9.17, 15) is 4.39 Å². The van der Waals surface area contributed by atoms with Crippen LogP contribution in [0, 0.1) is 5.82 Å². The van der Waals surface area contributed by atoms with Crippen molar-refractivity contribution in [1.82, 2.24) is 9.97 Å². The Morgan fingerprint density at radius 2 is 1.46 bits per heavy atom. The third-order valence-corrected chi connectivity index (χ3v) is 3.80. The van der Waals surface area contributed by atoms with Gasteiger partial charge in [-0.25, -0.2) is 14.4 Å². The minimum absolute atomic E-state index is 0.0349. The largest absolute Gasteiger partial charge is 0.493 e. The summed E-state index contributed by atoms with van der Waals surface area (Å²) in [4.78, 5) is 8.33. The van der Waals surface area contributed by atoms with E-state index < -0.39 is 5.82 Å². The molecule has 134 valence electrons. The van der Waals surface area contributed by atoms with Crippen LogP contribution in [0.2, 0.25) is 5.02 Å². The second-order valence-electron chi connectivity index (χ2n) is 5.24. The maximum absolute atomic E-state index is 13.2. The molecule has 0 spiro atoms. The molecule has 0 aliphatic carbocycles. The minimum atomic E-state index is -0.476. The van der Waals surface area contributed by atoms with Crippen molar-refractivity contribution in [2.24, 2.45) is 0 Å². The fourth-order valence-corrected chi connectivity index (χ4v) is 2.46. The van der Waals surface area contributed by atoms with Crippen molar-refractivity contribution in [2.75, 3.05) is 24.9 Å². The van der Waals surface area contributed by atoms with Crippen LogP contribution >= 0.6 is 11.6 Å². The van der Waals surface area contributed by atoms with E-state index in [1.54, 1.807) is 38.5 Å². The number of aromatic nitrogens is 2. The Labute approximate surface area is 155 Å². The zero-order valence-corrected chi connectivity index (χ0v) is 14.8. The molecular formula is C18H16ClFN4O2. The lowest BCUT2D eigenvalue weighted by Gasteiger charge is -2.12. The molecule has 8 heteroatoms. The second kappa shape index (κ2) is 7.88. The quantitative estimate of drug-likeness (QED) is 0.647. The highest BCUT2D eigenvalue weighted by molar-refractivity contribution is 6.31. The summed E-state index contributed by atoms with van der Waals surface area (Å²) in [5.41, 5.74) is 1.39. The predicted molar refractivity (Wildman–Crippen MR) is 99.6 cm³/mol. The SMILES string of the molecule is COc1ccc(Nc2cc(Nc3ccc(F)c(Cl)c3)ncn2)cc1OC. The summed E-state index contributed by atoms with van der Waals surface area (Å²) < 4.78 is 23.7. The van der Waals surface area contributed by atoms with Crippen molar-refractivity contribution in [3.8, 4) is 11.5 Å². The van der Waals surface area contributed by atoms with Crippen LogP contribution in [0.4, 0.5) is 27.4 Å². The normalized spacial score (nSPS) is 10.3. The van der Waals surface area contributed by atoms with Crippen LogP contribution in [0.1, 0.15) is 0 Å². The van der Waals surface area contributed by atoms with Crippen LogP contribution in [0.5, 0.6) is 11.5 Å². The van der Waals surface area contributed by atoms with E-state index >= 15 is 0 Å². The summed E-state index contributed by atoms with van der Waals surface area (Å²) in [5, 5.41) is 6.25. The Bertz CT molecular complexity index is 923. The molecule has 2 N–H and O–H groups in total. The van der Waals surface area contributed by atoms with Crippen LogP contribution in [-0.4, -0.2) is 24.2 Å². The van der Waals surface area contributed by atoms with E-state index in [1.165, 1.54) is 18.5 Å². The van der Waals surface area contributed by atoms with Gasteiger partial charge in [0.1, 0.15) is 23.8 Å². The maximum Gasteiger partial charge on any atom is 0.162 e. The first kappa shape index (κ1) is 17.8. The van der Waals surface area contributed by atoms with Gasteiger partial charge in [-0.1, -0.05) is 11.6 Å². The average molecular weight is 375 g/mol. The Hall–Kier alpha value is -3.06. The lowest BCUT2D eigenvalue weighted by Crippen LogP contribution is -1.99. The zero-order valence-electron chi connectivity index (χ0n) is 14.1. The Morgan fingerprint density at radius 3 is 2.08 bits per heavy atom. The van der Waals surface area contributed by atoms with Gasteiger partial charge in [0.05, 0.1) is 19.2 Å². The van der Waals surface area contributed by atoms with E-state index in [-0.39, 0.29) is 5.02 Å². The first-order chi connectivity index (χ1) is 12.6. The molecule has 0 radical (unpaired) electrons. The van der Waals surface area contributed by atoms with Crippen LogP contribution in [-0.2, 0) is 0 Å². The molecule has 0 saturated carbocycles. The summed E-state index contributed by atoms with van der Waals surface area (Å²) >= 11 is 5.79. The number of anilines is 4. The number of ether oxygens (including phenoxy) is 2. The topological polar surface area (TPSA) is 68.3 Å². The van der Waals surface area contributed by atoms with Crippen molar-refractivity contribution >= 4 is 34.6 Å². The van der Waals surface area contributed by atoms with Crippen molar-refractivity contribution in [2.45, 2.75) is 0 Å². The molecule has 0 saturated heterocycles. The predicted octanol–water partition coefficient (Wildman–Crippen LogP) is 4.77. The van der Waals surface area contributed by atoms with E-state index in [2.05, 4.69) is 20.6 Å². The summed E-state index contributed by atoms with van der Waals surface area (Å²) in [7, 11) is 3.15. The monoisotopic (exact) mass is 374 g/mol. The molecule has 0 atom stereocenters. The van der Waals surface area contributed by atoms with Crippen LogP contribution in [0.25, 0.3) is 0 Å². The van der Waals surface area contributed by atoms with Gasteiger partial charge in [-0.05, 0) is 30.3 Å². The van der Waals surface area contributed by atoms with Gasteiger partial charge in [0.2, 0.25) is 0 Å². The lowest BCUT2D eigenvalue weighted by molar-refractivity contribution is 0.355. The maximum atomic E-state index is 13.2. The van der Waals surface area contributed by atoms with Gasteiger partial charge < -0.3 is 20.1 Å². The molecule has 1 aromatic heterocycles. The third-order valence-electron chi connectivity index (χ3n) is 3.52. The number of nitrogens with one attached hydrogen (secondary N) is 2. The van der Waals surface area contributed by atoms with Gasteiger partial charge in [0, 0.05) is 23.5 Å². The molecule has 1 heterocycles. The molecule has 0 unspecified atom stereocenters. The standard InChI is InChI=1S/C18H16ClFN4O2/c1-25-15-6-4-12(8-16(15)26-2)24-18-9-17(21-10-22-18)23-11-3-5-14(20)13(19)7-11/h3-10H,1-2H3,(H2,21,22,23,24). The van der Waals surface area contributed by atoms with Gasteiger partial charge in [-0.2, -0.15) is 0 Å². The van der Waals surface area contributed by atoms with E-state index in [4.69, 9.17) is 21.1 Å². The Balaban J connectivity index is 1.78. The number of hydrogen-bond donors (Lipinski definition) is 2.